The van der Waals surface area contributed by atoms with Gasteiger partial charge in [-0.2, -0.15) is 0 Å². The molecule has 31 heavy (non-hydrogen) atoms. The Morgan fingerprint density at radius 3 is 2.94 bits per heavy atom. The van der Waals surface area contributed by atoms with Crippen molar-refractivity contribution in [3.05, 3.63) is 53.6 Å². The maximum Gasteiger partial charge on any atom is 0.259 e. The molecule has 1 fully saturated rings. The maximum absolute atomic E-state index is 14.6. The fourth-order valence-electron chi connectivity index (χ4n) is 3.11. The lowest BCUT2D eigenvalue weighted by atomic mass is 10.1. The number of nitrogens with one attached hydrogen (secondary N) is 1. The number of carbonyl (C=O) groups excluding carboxylic acids is 1. The number of aromatic nitrogens is 4. The van der Waals surface area contributed by atoms with E-state index in [0.29, 0.717) is 23.0 Å². The van der Waals surface area contributed by atoms with Gasteiger partial charge in [0.1, 0.15) is 23.7 Å². The highest BCUT2D eigenvalue weighted by Gasteiger charge is 2.20. The first-order valence-corrected chi connectivity index (χ1v) is 10.2. The molecule has 1 aliphatic rings. The van der Waals surface area contributed by atoms with Crippen molar-refractivity contribution in [2.24, 2.45) is 10.9 Å². The zero-order valence-corrected chi connectivity index (χ0v) is 17.4. The van der Waals surface area contributed by atoms with E-state index in [9.17, 15) is 9.18 Å². The van der Waals surface area contributed by atoms with E-state index >= 15 is 0 Å². The third-order valence-corrected chi connectivity index (χ3v) is 5.06. The summed E-state index contributed by atoms with van der Waals surface area (Å²) < 4.78 is 16.5. The second-order valence-corrected chi connectivity index (χ2v) is 7.92. The summed E-state index contributed by atoms with van der Waals surface area (Å²) in [5, 5.41) is 10.7. The molecule has 4 rings (SSSR count). The molecular formula is C22H24FN7O. The number of nitrogens with two attached hydrogens (primary N) is 1. The van der Waals surface area contributed by atoms with Crippen molar-refractivity contribution < 1.29 is 9.18 Å². The summed E-state index contributed by atoms with van der Waals surface area (Å²) >= 11 is 0. The van der Waals surface area contributed by atoms with Crippen molar-refractivity contribution in [2.45, 2.75) is 32.7 Å². The van der Waals surface area contributed by atoms with E-state index in [1.165, 1.54) is 25.0 Å². The third kappa shape index (κ3) is 4.76. The number of hydrogen-bond donors (Lipinski definition) is 2. The Labute approximate surface area is 179 Å². The lowest BCUT2D eigenvalue weighted by Crippen LogP contribution is -2.16. The molecule has 0 bridgehead atoms. The number of nitrogens with zero attached hydrogens (tertiary/aromatic N) is 5. The number of halogens is 1. The number of benzene rings is 1. The van der Waals surface area contributed by atoms with Crippen molar-refractivity contribution in [3.8, 4) is 11.5 Å². The quantitative estimate of drug-likeness (QED) is 0.446. The minimum Gasteiger partial charge on any atom is -0.398 e. The smallest absolute Gasteiger partial charge is 0.259 e. The number of pyridine rings is 1. The predicted octanol–water partition coefficient (Wildman–Crippen LogP) is 3.72. The number of aliphatic imine (C=N–C) groups is 1. The molecule has 0 unspecified atom stereocenters. The average Bonchev–Trinajstić information content (AvgIpc) is 3.42. The monoisotopic (exact) mass is 421 g/mol. The number of nitrogen functional groups attached to an aromatic ring is 1. The molecule has 1 aliphatic carbocycles. The molecule has 3 N–H and O–H groups in total. The van der Waals surface area contributed by atoms with Crippen LogP contribution in [-0.2, 0) is 0 Å². The molecule has 1 saturated carbocycles. The normalized spacial score (nSPS) is 13.8. The Hall–Kier alpha value is -3.62. The molecule has 0 saturated heterocycles. The van der Waals surface area contributed by atoms with Crippen LogP contribution in [0.25, 0.3) is 11.5 Å². The van der Waals surface area contributed by atoms with Crippen molar-refractivity contribution in [1.82, 2.24) is 19.7 Å². The van der Waals surface area contributed by atoms with Gasteiger partial charge in [0.25, 0.3) is 5.91 Å². The second kappa shape index (κ2) is 8.63. The van der Waals surface area contributed by atoms with Gasteiger partial charge >= 0.3 is 0 Å². The number of amides is 1. The van der Waals surface area contributed by atoms with Gasteiger partial charge in [-0.15, -0.1) is 10.2 Å². The van der Waals surface area contributed by atoms with Crippen LogP contribution in [0.15, 0.2) is 41.7 Å². The van der Waals surface area contributed by atoms with Crippen molar-refractivity contribution in [1.29, 1.82) is 0 Å². The van der Waals surface area contributed by atoms with Crippen molar-refractivity contribution in [2.75, 3.05) is 17.6 Å². The van der Waals surface area contributed by atoms with Crippen LogP contribution in [0.3, 0.4) is 0 Å². The van der Waals surface area contributed by atoms with E-state index in [1.807, 2.05) is 18.4 Å². The van der Waals surface area contributed by atoms with Crippen LogP contribution in [0.1, 0.15) is 48.7 Å². The molecule has 3 aromatic rings. The topological polar surface area (TPSA) is 111 Å². The Morgan fingerprint density at radius 2 is 2.19 bits per heavy atom. The number of rotatable bonds is 7. The molecule has 2 aromatic heterocycles. The van der Waals surface area contributed by atoms with Gasteiger partial charge in [-0.3, -0.25) is 9.79 Å². The minimum atomic E-state index is -0.671. The first-order valence-electron chi connectivity index (χ1n) is 10.2. The molecule has 8 nitrogen and oxygen atoms in total. The second-order valence-electron chi connectivity index (χ2n) is 7.92. The van der Waals surface area contributed by atoms with E-state index in [4.69, 9.17) is 5.73 Å². The fourth-order valence-corrected chi connectivity index (χ4v) is 3.11. The average molecular weight is 421 g/mol. The summed E-state index contributed by atoms with van der Waals surface area (Å²) in [5.41, 5.74) is 7.16. The van der Waals surface area contributed by atoms with Crippen LogP contribution in [0.4, 0.5) is 15.9 Å². The van der Waals surface area contributed by atoms with E-state index in [0.717, 1.165) is 6.54 Å². The van der Waals surface area contributed by atoms with E-state index in [-0.39, 0.29) is 23.1 Å². The van der Waals surface area contributed by atoms with Crippen molar-refractivity contribution in [3.63, 3.8) is 0 Å². The van der Waals surface area contributed by atoms with Crippen LogP contribution in [-0.4, -0.2) is 38.4 Å². The van der Waals surface area contributed by atoms with Crippen molar-refractivity contribution >= 4 is 23.6 Å². The Balaban J connectivity index is 1.52. The Bertz CT molecular complexity index is 1130. The highest BCUT2D eigenvalue weighted by molar-refractivity contribution is 6.05. The molecular weight excluding hydrogens is 397 g/mol. The summed E-state index contributed by atoms with van der Waals surface area (Å²) in [7, 11) is 0. The minimum absolute atomic E-state index is 0.147. The van der Waals surface area contributed by atoms with Gasteiger partial charge in [0.2, 0.25) is 0 Å². The molecule has 2 heterocycles. The Morgan fingerprint density at radius 1 is 1.39 bits per heavy atom. The van der Waals surface area contributed by atoms with E-state index < -0.39 is 11.7 Å². The zero-order valence-electron chi connectivity index (χ0n) is 17.4. The number of anilines is 2. The molecule has 1 amide bonds. The summed E-state index contributed by atoms with van der Waals surface area (Å²) in [5.74, 6) is 0.172. The van der Waals surface area contributed by atoms with E-state index in [2.05, 4.69) is 25.5 Å². The van der Waals surface area contributed by atoms with Gasteiger partial charge in [-0.05, 0) is 56.9 Å². The van der Waals surface area contributed by atoms with Crippen LogP contribution >= 0.6 is 0 Å². The van der Waals surface area contributed by atoms with E-state index in [1.54, 1.807) is 30.7 Å². The SMILES string of the molecule is CC(C)n1cnnc1-c1cccc(NC(=O)c2cc(N)c(C=NCC3CC3)cc2F)n1. The van der Waals surface area contributed by atoms with Gasteiger partial charge in [0.05, 0.1) is 5.56 Å². The number of carbonyl (C=O) groups is 1. The fraction of sp³-hybridized carbons (Fsp3) is 0.318. The Kier molecular flexibility index (Phi) is 5.75. The van der Waals surface area contributed by atoms with Gasteiger partial charge in [0.15, 0.2) is 5.82 Å². The first-order chi connectivity index (χ1) is 14.9. The standard InChI is InChI=1S/C22H24FN7O/c1-13(2)30-12-26-29-21(30)19-4-3-5-20(27-19)28-22(31)16-9-18(24)15(8-17(16)23)11-25-10-14-6-7-14/h3-5,8-9,11-14H,6-7,10,24H2,1-2H3,(H,27,28,31). The summed E-state index contributed by atoms with van der Waals surface area (Å²) in [6, 6.07) is 7.83. The van der Waals surface area contributed by atoms with Crippen LogP contribution in [0.5, 0.6) is 0 Å². The summed E-state index contributed by atoms with van der Waals surface area (Å²) in [4.78, 5) is 21.4. The largest absolute Gasteiger partial charge is 0.398 e. The molecule has 1 aromatic carbocycles. The molecule has 0 spiro atoms. The van der Waals surface area contributed by atoms with Gasteiger partial charge in [-0.1, -0.05) is 6.07 Å². The van der Waals surface area contributed by atoms with Gasteiger partial charge < -0.3 is 15.6 Å². The highest BCUT2D eigenvalue weighted by atomic mass is 19.1. The van der Waals surface area contributed by atoms with Crippen LogP contribution in [0, 0.1) is 11.7 Å². The number of hydrogen-bond acceptors (Lipinski definition) is 6. The lowest BCUT2D eigenvalue weighted by Gasteiger charge is -2.11. The van der Waals surface area contributed by atoms with Gasteiger partial charge in [-0.25, -0.2) is 9.37 Å². The summed E-state index contributed by atoms with van der Waals surface area (Å²) in [6.45, 7) is 4.73. The lowest BCUT2D eigenvalue weighted by molar-refractivity contribution is 0.102. The molecule has 0 aliphatic heterocycles. The third-order valence-electron chi connectivity index (χ3n) is 5.06. The first kappa shape index (κ1) is 20.6. The molecule has 0 atom stereocenters. The van der Waals surface area contributed by atoms with Crippen LogP contribution < -0.4 is 11.1 Å². The van der Waals surface area contributed by atoms with Gasteiger partial charge in [0, 0.05) is 30.1 Å². The molecule has 160 valence electrons. The maximum atomic E-state index is 14.6. The zero-order chi connectivity index (χ0) is 22.0. The highest BCUT2D eigenvalue weighted by Crippen LogP contribution is 2.29. The molecule has 0 radical (unpaired) electrons. The summed E-state index contributed by atoms with van der Waals surface area (Å²) in [6.07, 6.45) is 5.56. The van der Waals surface area contributed by atoms with Crippen LogP contribution in [0.2, 0.25) is 0 Å². The predicted molar refractivity (Wildman–Crippen MR) is 118 cm³/mol. The molecule has 9 heteroatoms.